The largest absolute Gasteiger partial charge is 0.409 e. The molecule has 2 unspecified atom stereocenters. The van der Waals surface area contributed by atoms with Crippen LogP contribution in [0.2, 0.25) is 0 Å². The fourth-order valence-electron chi connectivity index (χ4n) is 1.07. The molecule has 0 aliphatic rings. The molecule has 0 aliphatic carbocycles. The highest BCUT2D eigenvalue weighted by atomic mass is 19.4. The van der Waals surface area contributed by atoms with Crippen LogP contribution in [0.1, 0.15) is 20.3 Å². The molecule has 8 heteroatoms. The van der Waals surface area contributed by atoms with E-state index >= 15 is 0 Å². The third-order valence-electron chi connectivity index (χ3n) is 2.48. The first-order valence-corrected chi connectivity index (χ1v) is 5.11. The average Bonchev–Trinajstić information content (AvgIpc) is 2.21. The van der Waals surface area contributed by atoms with E-state index in [1.54, 1.807) is 6.92 Å². The van der Waals surface area contributed by atoms with Gasteiger partial charge in [0.25, 0.3) is 0 Å². The van der Waals surface area contributed by atoms with Crippen LogP contribution < -0.4 is 11.1 Å². The van der Waals surface area contributed by atoms with Gasteiger partial charge in [-0.2, -0.15) is 13.2 Å². The van der Waals surface area contributed by atoms with Crippen molar-refractivity contribution in [3.8, 4) is 0 Å². The highest BCUT2D eigenvalue weighted by molar-refractivity contribution is 5.83. The molecule has 102 valence electrons. The first-order chi connectivity index (χ1) is 7.64. The standard InChI is InChI=1S/C9H18F3N3O2/c1-3-8(2,16)5-14-4-6(7(13)15-17)9(10,11)12/h6,14,16-17H,3-5H2,1-2H3,(H2,13,15). The third-order valence-corrected chi connectivity index (χ3v) is 2.48. The number of hydrogen-bond donors (Lipinski definition) is 4. The van der Waals surface area contributed by atoms with Crippen molar-refractivity contribution in [2.75, 3.05) is 13.1 Å². The summed E-state index contributed by atoms with van der Waals surface area (Å²) in [6.07, 6.45) is -4.19. The maximum Gasteiger partial charge on any atom is 0.400 e. The molecule has 0 saturated heterocycles. The van der Waals surface area contributed by atoms with Crippen LogP contribution >= 0.6 is 0 Å². The summed E-state index contributed by atoms with van der Waals surface area (Å²) in [5.41, 5.74) is 3.88. The number of nitrogens with two attached hydrogens (primary N) is 1. The number of hydrogen-bond acceptors (Lipinski definition) is 4. The second kappa shape index (κ2) is 6.06. The van der Waals surface area contributed by atoms with Crippen LogP contribution in [0.5, 0.6) is 0 Å². The Kier molecular flexibility index (Phi) is 5.70. The van der Waals surface area contributed by atoms with Crippen molar-refractivity contribution < 1.29 is 23.5 Å². The van der Waals surface area contributed by atoms with Crippen LogP contribution in [-0.2, 0) is 0 Å². The molecule has 0 fully saturated rings. The van der Waals surface area contributed by atoms with Crippen LogP contribution in [0.4, 0.5) is 13.2 Å². The average molecular weight is 257 g/mol. The van der Waals surface area contributed by atoms with E-state index in [1.807, 2.05) is 0 Å². The molecule has 0 aromatic heterocycles. The molecule has 0 rings (SSSR count). The number of nitrogens with zero attached hydrogens (tertiary/aromatic N) is 1. The lowest BCUT2D eigenvalue weighted by molar-refractivity contribution is -0.155. The number of nitrogens with one attached hydrogen (secondary N) is 1. The van der Waals surface area contributed by atoms with Gasteiger partial charge in [0.2, 0.25) is 0 Å². The zero-order chi connectivity index (χ0) is 13.7. The molecule has 0 saturated carbocycles. The summed E-state index contributed by atoms with van der Waals surface area (Å²) in [6.45, 7) is 2.67. The monoisotopic (exact) mass is 257 g/mol. The molecule has 0 spiro atoms. The minimum Gasteiger partial charge on any atom is -0.409 e. The molecule has 0 bridgehead atoms. The Morgan fingerprint density at radius 3 is 2.35 bits per heavy atom. The Balaban J connectivity index is 4.40. The summed E-state index contributed by atoms with van der Waals surface area (Å²) in [4.78, 5) is 0. The van der Waals surface area contributed by atoms with Crippen LogP contribution in [-0.4, -0.2) is 41.0 Å². The number of alkyl halides is 3. The first kappa shape index (κ1) is 16.0. The topological polar surface area (TPSA) is 90.9 Å². The molecule has 0 aromatic carbocycles. The van der Waals surface area contributed by atoms with Crippen molar-refractivity contribution in [2.24, 2.45) is 16.8 Å². The Morgan fingerprint density at radius 2 is 2.00 bits per heavy atom. The lowest BCUT2D eigenvalue weighted by Gasteiger charge is -2.24. The maximum absolute atomic E-state index is 12.5. The molecule has 5 N–H and O–H groups in total. The van der Waals surface area contributed by atoms with E-state index in [2.05, 4.69) is 10.5 Å². The van der Waals surface area contributed by atoms with E-state index in [4.69, 9.17) is 10.9 Å². The van der Waals surface area contributed by atoms with Crippen LogP contribution in [0.15, 0.2) is 5.16 Å². The number of oxime groups is 1. The van der Waals surface area contributed by atoms with Crippen LogP contribution in [0.3, 0.4) is 0 Å². The lowest BCUT2D eigenvalue weighted by atomic mass is 10.0. The summed E-state index contributed by atoms with van der Waals surface area (Å²) < 4.78 is 37.5. The molecule has 5 nitrogen and oxygen atoms in total. The van der Waals surface area contributed by atoms with Crippen molar-refractivity contribution in [1.29, 1.82) is 0 Å². The Hall–Kier alpha value is -1.02. The van der Waals surface area contributed by atoms with Crippen LogP contribution in [0, 0.1) is 5.92 Å². The van der Waals surface area contributed by atoms with E-state index in [9.17, 15) is 18.3 Å². The van der Waals surface area contributed by atoms with Crippen molar-refractivity contribution in [3.05, 3.63) is 0 Å². The van der Waals surface area contributed by atoms with Gasteiger partial charge in [-0.25, -0.2) is 0 Å². The highest BCUT2D eigenvalue weighted by Gasteiger charge is 2.42. The van der Waals surface area contributed by atoms with Gasteiger partial charge in [0.1, 0.15) is 5.92 Å². The van der Waals surface area contributed by atoms with E-state index in [-0.39, 0.29) is 6.54 Å². The predicted octanol–water partition coefficient (Wildman–Crippen LogP) is 0.662. The van der Waals surface area contributed by atoms with Crippen molar-refractivity contribution in [2.45, 2.75) is 32.0 Å². The number of halogens is 3. The van der Waals surface area contributed by atoms with Gasteiger partial charge in [-0.15, -0.1) is 0 Å². The van der Waals surface area contributed by atoms with Gasteiger partial charge >= 0.3 is 6.18 Å². The van der Waals surface area contributed by atoms with Crippen molar-refractivity contribution >= 4 is 5.84 Å². The summed E-state index contributed by atoms with van der Waals surface area (Å²) in [7, 11) is 0. The first-order valence-electron chi connectivity index (χ1n) is 5.11. The smallest absolute Gasteiger partial charge is 0.400 e. The quantitative estimate of drug-likeness (QED) is 0.243. The third kappa shape index (κ3) is 5.73. The second-order valence-corrected chi connectivity index (χ2v) is 4.10. The van der Waals surface area contributed by atoms with Crippen molar-refractivity contribution in [1.82, 2.24) is 5.32 Å². The number of amidine groups is 1. The molecule has 17 heavy (non-hydrogen) atoms. The molecular weight excluding hydrogens is 239 g/mol. The minimum atomic E-state index is -4.60. The Bertz CT molecular complexity index is 267. The normalized spacial score (nSPS) is 18.8. The fourth-order valence-corrected chi connectivity index (χ4v) is 1.07. The fraction of sp³-hybridized carbons (Fsp3) is 0.889. The Morgan fingerprint density at radius 1 is 1.47 bits per heavy atom. The number of rotatable bonds is 6. The van der Waals surface area contributed by atoms with Gasteiger partial charge in [-0.1, -0.05) is 12.1 Å². The van der Waals surface area contributed by atoms with E-state index in [0.29, 0.717) is 6.42 Å². The maximum atomic E-state index is 12.5. The molecule has 0 amide bonds. The predicted molar refractivity (Wildman–Crippen MR) is 56.7 cm³/mol. The highest BCUT2D eigenvalue weighted by Crippen LogP contribution is 2.25. The van der Waals surface area contributed by atoms with Gasteiger partial charge in [0.05, 0.1) is 5.60 Å². The van der Waals surface area contributed by atoms with Gasteiger partial charge in [0, 0.05) is 13.1 Å². The SMILES string of the molecule is CCC(C)(O)CNCC(C(N)=NO)C(F)(F)F. The molecule has 0 aromatic rings. The van der Waals surface area contributed by atoms with E-state index < -0.39 is 30.1 Å². The molecule has 0 aliphatic heterocycles. The van der Waals surface area contributed by atoms with Gasteiger partial charge in [-0.05, 0) is 13.3 Å². The second-order valence-electron chi connectivity index (χ2n) is 4.10. The summed E-state index contributed by atoms with van der Waals surface area (Å²) in [5.74, 6) is -2.97. The van der Waals surface area contributed by atoms with Gasteiger partial charge < -0.3 is 21.4 Å². The molecule has 0 heterocycles. The van der Waals surface area contributed by atoms with E-state index in [0.717, 1.165) is 0 Å². The molecule has 0 radical (unpaired) electrons. The van der Waals surface area contributed by atoms with Gasteiger partial charge in [0.15, 0.2) is 5.84 Å². The van der Waals surface area contributed by atoms with Crippen molar-refractivity contribution in [3.63, 3.8) is 0 Å². The molecule has 2 atom stereocenters. The summed E-state index contributed by atoms with van der Waals surface area (Å²) in [5, 5.41) is 22.7. The zero-order valence-corrected chi connectivity index (χ0v) is 9.75. The number of aliphatic hydroxyl groups is 1. The van der Waals surface area contributed by atoms with Crippen LogP contribution in [0.25, 0.3) is 0 Å². The summed E-state index contributed by atoms with van der Waals surface area (Å²) >= 11 is 0. The minimum absolute atomic E-state index is 0.00517. The Labute approximate surface area is 97.5 Å². The summed E-state index contributed by atoms with van der Waals surface area (Å²) in [6, 6.07) is 0. The zero-order valence-electron chi connectivity index (χ0n) is 9.75. The molecular formula is C9H18F3N3O2. The lowest BCUT2D eigenvalue weighted by Crippen LogP contribution is -2.46. The van der Waals surface area contributed by atoms with Gasteiger partial charge in [-0.3, -0.25) is 0 Å². The van der Waals surface area contributed by atoms with E-state index in [1.165, 1.54) is 6.92 Å².